The SMILES string of the molecule is N#Cc1cccc(C(=O)N2CCCCC2CO)c1. The molecule has 0 aliphatic carbocycles. The molecule has 0 aromatic heterocycles. The Bertz CT molecular complexity index is 479. The highest BCUT2D eigenvalue weighted by molar-refractivity contribution is 5.94. The molecule has 1 unspecified atom stereocenters. The molecular weight excluding hydrogens is 228 g/mol. The lowest BCUT2D eigenvalue weighted by Crippen LogP contribution is -2.45. The highest BCUT2D eigenvalue weighted by Gasteiger charge is 2.26. The molecule has 1 heterocycles. The van der Waals surface area contributed by atoms with Crippen LogP contribution in [0.15, 0.2) is 24.3 Å². The van der Waals surface area contributed by atoms with Crippen LogP contribution in [0.5, 0.6) is 0 Å². The lowest BCUT2D eigenvalue weighted by atomic mass is 10.0. The average molecular weight is 244 g/mol. The molecule has 4 heteroatoms. The highest BCUT2D eigenvalue weighted by atomic mass is 16.3. The number of nitriles is 1. The van der Waals surface area contributed by atoms with Crippen molar-refractivity contribution in [3.05, 3.63) is 35.4 Å². The molecule has 2 rings (SSSR count). The number of carbonyl (C=O) groups is 1. The summed E-state index contributed by atoms with van der Waals surface area (Å²) in [6, 6.07) is 8.65. The lowest BCUT2D eigenvalue weighted by molar-refractivity contribution is 0.0503. The number of hydrogen-bond acceptors (Lipinski definition) is 3. The molecule has 1 atom stereocenters. The Morgan fingerprint density at radius 2 is 2.33 bits per heavy atom. The van der Waals surface area contributed by atoms with E-state index in [0.717, 1.165) is 19.3 Å². The summed E-state index contributed by atoms with van der Waals surface area (Å²) in [7, 11) is 0. The Balaban J connectivity index is 2.21. The number of nitrogens with zero attached hydrogens (tertiary/aromatic N) is 2. The van der Waals surface area contributed by atoms with Gasteiger partial charge in [-0.3, -0.25) is 4.79 Å². The molecule has 0 saturated carbocycles. The Hall–Kier alpha value is -1.86. The zero-order chi connectivity index (χ0) is 13.0. The van der Waals surface area contributed by atoms with Crippen LogP contribution in [-0.4, -0.2) is 35.1 Å². The van der Waals surface area contributed by atoms with E-state index in [2.05, 4.69) is 0 Å². The van der Waals surface area contributed by atoms with Gasteiger partial charge in [0.05, 0.1) is 24.3 Å². The van der Waals surface area contributed by atoms with Gasteiger partial charge in [0, 0.05) is 12.1 Å². The van der Waals surface area contributed by atoms with Crippen molar-refractivity contribution < 1.29 is 9.90 Å². The van der Waals surface area contributed by atoms with Crippen LogP contribution in [0.4, 0.5) is 0 Å². The van der Waals surface area contributed by atoms with Gasteiger partial charge in [-0.1, -0.05) is 6.07 Å². The molecule has 0 radical (unpaired) electrons. The molecule has 1 aromatic carbocycles. The highest BCUT2D eigenvalue weighted by Crippen LogP contribution is 2.19. The van der Waals surface area contributed by atoms with Gasteiger partial charge in [0.1, 0.15) is 0 Å². The standard InChI is InChI=1S/C14H16N2O2/c15-9-11-4-3-5-12(8-11)14(18)16-7-2-1-6-13(16)10-17/h3-5,8,13,17H,1-2,6-7,10H2. The number of carbonyl (C=O) groups excluding carboxylic acids is 1. The maximum Gasteiger partial charge on any atom is 0.254 e. The number of aliphatic hydroxyl groups is 1. The molecule has 4 nitrogen and oxygen atoms in total. The van der Waals surface area contributed by atoms with E-state index in [1.165, 1.54) is 0 Å². The summed E-state index contributed by atoms with van der Waals surface area (Å²) in [6.45, 7) is 0.685. The molecule has 0 bridgehead atoms. The first-order valence-corrected chi connectivity index (χ1v) is 6.18. The summed E-state index contributed by atoms with van der Waals surface area (Å²) < 4.78 is 0. The van der Waals surface area contributed by atoms with Crippen molar-refractivity contribution in [2.24, 2.45) is 0 Å². The van der Waals surface area contributed by atoms with Crippen LogP contribution in [0.2, 0.25) is 0 Å². The summed E-state index contributed by atoms with van der Waals surface area (Å²) in [4.78, 5) is 14.1. The first-order chi connectivity index (χ1) is 8.76. The Labute approximate surface area is 106 Å². The van der Waals surface area contributed by atoms with Crippen LogP contribution >= 0.6 is 0 Å². The van der Waals surface area contributed by atoms with E-state index in [-0.39, 0.29) is 18.6 Å². The first-order valence-electron chi connectivity index (χ1n) is 6.18. The fourth-order valence-electron chi connectivity index (χ4n) is 2.35. The summed E-state index contributed by atoms with van der Waals surface area (Å²) in [5.41, 5.74) is 1.01. The third-order valence-electron chi connectivity index (χ3n) is 3.34. The molecule has 1 N–H and O–H groups in total. The fraction of sp³-hybridized carbons (Fsp3) is 0.429. The monoisotopic (exact) mass is 244 g/mol. The van der Waals surface area contributed by atoms with Crippen molar-refractivity contribution in [1.82, 2.24) is 4.90 Å². The van der Waals surface area contributed by atoms with Gasteiger partial charge in [0.25, 0.3) is 5.91 Å². The summed E-state index contributed by atoms with van der Waals surface area (Å²) >= 11 is 0. The topological polar surface area (TPSA) is 64.3 Å². The summed E-state index contributed by atoms with van der Waals surface area (Å²) in [5.74, 6) is -0.0918. The van der Waals surface area contributed by atoms with Gasteiger partial charge in [-0.25, -0.2) is 0 Å². The number of rotatable bonds is 2. The van der Waals surface area contributed by atoms with Gasteiger partial charge in [-0.2, -0.15) is 5.26 Å². The van der Waals surface area contributed by atoms with Crippen LogP contribution in [-0.2, 0) is 0 Å². The molecule has 1 aliphatic rings. The van der Waals surface area contributed by atoms with Crippen LogP contribution in [0.3, 0.4) is 0 Å². The molecule has 18 heavy (non-hydrogen) atoms. The van der Waals surface area contributed by atoms with Crippen LogP contribution in [0, 0.1) is 11.3 Å². The van der Waals surface area contributed by atoms with Gasteiger partial charge in [-0.15, -0.1) is 0 Å². The molecule has 1 aliphatic heterocycles. The van der Waals surface area contributed by atoms with Gasteiger partial charge in [0.15, 0.2) is 0 Å². The van der Waals surface area contributed by atoms with E-state index in [1.807, 2.05) is 6.07 Å². The molecule has 0 spiro atoms. The summed E-state index contributed by atoms with van der Waals surface area (Å²) in [6.07, 6.45) is 2.87. The Morgan fingerprint density at radius 1 is 1.50 bits per heavy atom. The third-order valence-corrected chi connectivity index (χ3v) is 3.34. The zero-order valence-corrected chi connectivity index (χ0v) is 10.2. The number of aliphatic hydroxyl groups excluding tert-OH is 1. The van der Waals surface area contributed by atoms with Gasteiger partial charge >= 0.3 is 0 Å². The first kappa shape index (κ1) is 12.6. The van der Waals surface area contributed by atoms with Gasteiger partial charge < -0.3 is 10.0 Å². The number of likely N-dealkylation sites (tertiary alicyclic amines) is 1. The maximum absolute atomic E-state index is 12.3. The maximum atomic E-state index is 12.3. The number of amides is 1. The fourth-order valence-corrected chi connectivity index (χ4v) is 2.35. The smallest absolute Gasteiger partial charge is 0.254 e. The van der Waals surface area contributed by atoms with Crippen molar-refractivity contribution in [3.63, 3.8) is 0 Å². The second-order valence-electron chi connectivity index (χ2n) is 4.52. The van der Waals surface area contributed by atoms with E-state index < -0.39 is 0 Å². The minimum atomic E-state index is -0.0918. The molecule has 1 saturated heterocycles. The van der Waals surface area contributed by atoms with Crippen molar-refractivity contribution in [3.8, 4) is 6.07 Å². The van der Waals surface area contributed by atoms with E-state index >= 15 is 0 Å². The molecule has 1 aromatic rings. The third kappa shape index (κ3) is 2.52. The van der Waals surface area contributed by atoms with Crippen molar-refractivity contribution in [2.75, 3.05) is 13.2 Å². The predicted molar refractivity (Wildman–Crippen MR) is 66.9 cm³/mol. The van der Waals surface area contributed by atoms with E-state index in [9.17, 15) is 9.90 Å². The van der Waals surface area contributed by atoms with E-state index in [1.54, 1.807) is 29.2 Å². The quantitative estimate of drug-likeness (QED) is 0.858. The van der Waals surface area contributed by atoms with Crippen molar-refractivity contribution in [1.29, 1.82) is 5.26 Å². The minimum Gasteiger partial charge on any atom is -0.394 e. The Morgan fingerprint density at radius 3 is 3.06 bits per heavy atom. The average Bonchev–Trinajstić information content (AvgIpc) is 2.46. The normalized spacial score (nSPS) is 19.3. The van der Waals surface area contributed by atoms with E-state index in [0.29, 0.717) is 17.7 Å². The largest absolute Gasteiger partial charge is 0.394 e. The van der Waals surface area contributed by atoms with Gasteiger partial charge in [0.2, 0.25) is 0 Å². The minimum absolute atomic E-state index is 0.00365. The molecule has 1 amide bonds. The van der Waals surface area contributed by atoms with Crippen molar-refractivity contribution in [2.45, 2.75) is 25.3 Å². The molecule has 1 fully saturated rings. The number of hydrogen-bond donors (Lipinski definition) is 1. The van der Waals surface area contributed by atoms with Crippen LogP contribution in [0.1, 0.15) is 35.2 Å². The van der Waals surface area contributed by atoms with Crippen molar-refractivity contribution >= 4 is 5.91 Å². The Kier molecular flexibility index (Phi) is 3.96. The lowest BCUT2D eigenvalue weighted by Gasteiger charge is -2.34. The summed E-state index contributed by atoms with van der Waals surface area (Å²) in [5, 5.41) is 18.1. The van der Waals surface area contributed by atoms with Gasteiger partial charge in [-0.05, 0) is 37.5 Å². The number of piperidine rings is 1. The molecule has 94 valence electrons. The zero-order valence-electron chi connectivity index (χ0n) is 10.2. The number of benzene rings is 1. The van der Waals surface area contributed by atoms with Crippen LogP contribution in [0.25, 0.3) is 0 Å². The molecular formula is C14H16N2O2. The van der Waals surface area contributed by atoms with E-state index in [4.69, 9.17) is 5.26 Å². The second kappa shape index (κ2) is 5.65. The van der Waals surface area contributed by atoms with Crippen LogP contribution < -0.4 is 0 Å². The predicted octanol–water partition coefficient (Wildman–Crippen LogP) is 1.55. The second-order valence-corrected chi connectivity index (χ2v) is 4.52.